The van der Waals surface area contributed by atoms with Gasteiger partial charge in [-0.3, -0.25) is 4.79 Å². The van der Waals surface area contributed by atoms with Crippen LogP contribution in [0.1, 0.15) is 32.8 Å². The highest BCUT2D eigenvalue weighted by atomic mass is 32.2. The molecule has 0 unspecified atom stereocenters. The fraction of sp³-hybridized carbons (Fsp3) is 0.529. The van der Waals surface area contributed by atoms with Gasteiger partial charge in [-0.25, -0.2) is 4.79 Å². The van der Waals surface area contributed by atoms with E-state index in [1.54, 1.807) is 32.5 Å². The number of anilines is 1. The van der Waals surface area contributed by atoms with E-state index in [9.17, 15) is 9.59 Å². The van der Waals surface area contributed by atoms with Gasteiger partial charge in [0.1, 0.15) is 11.6 Å². The summed E-state index contributed by atoms with van der Waals surface area (Å²) in [6.07, 6.45) is 1.92. The van der Waals surface area contributed by atoms with Gasteiger partial charge in [0.25, 0.3) is 0 Å². The van der Waals surface area contributed by atoms with Gasteiger partial charge in [-0.1, -0.05) is 17.7 Å². The van der Waals surface area contributed by atoms with Crippen molar-refractivity contribution < 1.29 is 14.3 Å². The minimum absolute atomic E-state index is 0.242. The Morgan fingerprint density at radius 1 is 1.22 bits per heavy atom. The fourth-order valence-corrected chi connectivity index (χ4v) is 2.29. The van der Waals surface area contributed by atoms with E-state index in [0.717, 1.165) is 11.3 Å². The van der Waals surface area contributed by atoms with Crippen LogP contribution in [-0.2, 0) is 9.53 Å². The molecule has 0 saturated heterocycles. The monoisotopic (exact) mass is 338 g/mol. The third-order valence-electron chi connectivity index (χ3n) is 2.94. The lowest BCUT2D eigenvalue weighted by atomic mass is 10.2. The highest BCUT2D eigenvalue weighted by molar-refractivity contribution is 7.98. The van der Waals surface area contributed by atoms with Gasteiger partial charge in [-0.15, -0.1) is 0 Å². The van der Waals surface area contributed by atoms with Crippen LogP contribution in [0.25, 0.3) is 0 Å². The largest absolute Gasteiger partial charge is 0.444 e. The number of thioether (sulfide) groups is 1. The first kappa shape index (κ1) is 19.4. The summed E-state index contributed by atoms with van der Waals surface area (Å²) in [5, 5.41) is 5.48. The van der Waals surface area contributed by atoms with Crippen LogP contribution in [0.15, 0.2) is 24.3 Å². The normalized spacial score (nSPS) is 12.4. The van der Waals surface area contributed by atoms with Crippen LogP contribution >= 0.6 is 11.8 Å². The number of benzene rings is 1. The van der Waals surface area contributed by atoms with Crippen molar-refractivity contribution in [2.75, 3.05) is 17.3 Å². The molecule has 6 heteroatoms. The molecule has 1 aromatic carbocycles. The van der Waals surface area contributed by atoms with E-state index in [-0.39, 0.29) is 5.91 Å². The number of aryl methyl sites for hydroxylation is 1. The Labute approximate surface area is 142 Å². The number of carbonyl (C=O) groups excluding carboxylic acids is 2. The average Bonchev–Trinajstić information content (AvgIpc) is 2.43. The molecule has 5 nitrogen and oxygen atoms in total. The molecule has 0 aliphatic rings. The van der Waals surface area contributed by atoms with E-state index in [0.29, 0.717) is 12.1 Å². The van der Waals surface area contributed by atoms with Crippen molar-refractivity contribution in [1.82, 2.24) is 5.32 Å². The molecule has 1 rings (SSSR count). The quantitative estimate of drug-likeness (QED) is 0.832. The van der Waals surface area contributed by atoms with E-state index in [4.69, 9.17) is 4.74 Å². The number of ether oxygens (including phenoxy) is 1. The number of hydrogen-bond donors (Lipinski definition) is 2. The molecule has 0 aromatic heterocycles. The summed E-state index contributed by atoms with van der Waals surface area (Å²) in [6.45, 7) is 7.35. The maximum absolute atomic E-state index is 12.4. The second kappa shape index (κ2) is 8.82. The van der Waals surface area contributed by atoms with Crippen molar-refractivity contribution in [3.05, 3.63) is 29.8 Å². The summed E-state index contributed by atoms with van der Waals surface area (Å²) in [4.78, 5) is 24.3. The zero-order valence-corrected chi connectivity index (χ0v) is 15.3. The van der Waals surface area contributed by atoms with Gasteiger partial charge in [-0.2, -0.15) is 11.8 Å². The van der Waals surface area contributed by atoms with Crippen LogP contribution in [0.3, 0.4) is 0 Å². The van der Waals surface area contributed by atoms with Crippen molar-refractivity contribution in [1.29, 1.82) is 0 Å². The summed E-state index contributed by atoms with van der Waals surface area (Å²) in [6, 6.07) is 6.90. The number of carbonyl (C=O) groups is 2. The predicted octanol–water partition coefficient (Wildman–Crippen LogP) is 3.58. The van der Waals surface area contributed by atoms with E-state index >= 15 is 0 Å². The molecule has 0 fully saturated rings. The number of amides is 2. The SMILES string of the molecule is CSCC[C@H](NC(=O)OC(C)(C)C)C(=O)Nc1ccc(C)cc1. The van der Waals surface area contributed by atoms with E-state index in [1.807, 2.05) is 37.4 Å². The molecule has 128 valence electrons. The lowest BCUT2D eigenvalue weighted by Gasteiger charge is -2.23. The van der Waals surface area contributed by atoms with E-state index in [2.05, 4.69) is 10.6 Å². The van der Waals surface area contributed by atoms with Crippen LogP contribution in [0.2, 0.25) is 0 Å². The Morgan fingerprint density at radius 2 is 1.83 bits per heavy atom. The zero-order valence-electron chi connectivity index (χ0n) is 14.4. The number of rotatable bonds is 6. The Morgan fingerprint density at radius 3 is 2.35 bits per heavy atom. The molecule has 0 spiro atoms. The first-order valence-corrected chi connectivity index (χ1v) is 8.96. The average molecular weight is 338 g/mol. The van der Waals surface area contributed by atoms with Crippen LogP contribution in [-0.4, -0.2) is 35.7 Å². The summed E-state index contributed by atoms with van der Waals surface area (Å²) in [5.74, 6) is 0.524. The molecule has 0 bridgehead atoms. The molecule has 2 amide bonds. The maximum Gasteiger partial charge on any atom is 0.408 e. The van der Waals surface area contributed by atoms with Crippen LogP contribution in [0.5, 0.6) is 0 Å². The summed E-state index contributed by atoms with van der Waals surface area (Å²) in [7, 11) is 0. The summed E-state index contributed by atoms with van der Waals surface area (Å²) >= 11 is 1.62. The first-order chi connectivity index (χ1) is 10.7. The molecule has 0 saturated carbocycles. The minimum atomic E-state index is -0.626. The Bertz CT molecular complexity index is 524. The van der Waals surface area contributed by atoms with Gasteiger partial charge >= 0.3 is 6.09 Å². The Kier molecular flexibility index (Phi) is 7.42. The molecular weight excluding hydrogens is 312 g/mol. The lowest BCUT2D eigenvalue weighted by molar-refractivity contribution is -0.118. The molecule has 1 aromatic rings. The molecule has 0 aliphatic heterocycles. The Balaban J connectivity index is 2.69. The van der Waals surface area contributed by atoms with Gasteiger partial charge in [0.05, 0.1) is 0 Å². The standard InChI is InChI=1S/C17H26N2O3S/c1-12-6-8-13(9-7-12)18-15(20)14(10-11-23-5)19-16(21)22-17(2,3)4/h6-9,14H,10-11H2,1-5H3,(H,18,20)(H,19,21)/t14-/m0/s1. The van der Waals surface area contributed by atoms with Gasteiger partial charge in [0.15, 0.2) is 0 Å². The van der Waals surface area contributed by atoms with Crippen LogP contribution in [0.4, 0.5) is 10.5 Å². The van der Waals surface area contributed by atoms with Crippen molar-refractivity contribution in [3.63, 3.8) is 0 Å². The third-order valence-corrected chi connectivity index (χ3v) is 3.58. The lowest BCUT2D eigenvalue weighted by Crippen LogP contribution is -2.46. The van der Waals surface area contributed by atoms with Crippen LogP contribution < -0.4 is 10.6 Å². The van der Waals surface area contributed by atoms with Gasteiger partial charge in [-0.05, 0) is 58.3 Å². The topological polar surface area (TPSA) is 67.4 Å². The fourth-order valence-electron chi connectivity index (χ4n) is 1.82. The second-order valence-corrected chi connectivity index (χ2v) is 7.32. The molecule has 0 radical (unpaired) electrons. The minimum Gasteiger partial charge on any atom is -0.444 e. The van der Waals surface area contributed by atoms with Gasteiger partial charge in [0.2, 0.25) is 5.91 Å². The highest BCUT2D eigenvalue weighted by Crippen LogP contribution is 2.12. The highest BCUT2D eigenvalue weighted by Gasteiger charge is 2.24. The summed E-state index contributed by atoms with van der Waals surface area (Å²) in [5.41, 5.74) is 1.23. The van der Waals surface area contributed by atoms with Crippen molar-refractivity contribution in [2.24, 2.45) is 0 Å². The maximum atomic E-state index is 12.4. The van der Waals surface area contributed by atoms with E-state index in [1.165, 1.54) is 0 Å². The van der Waals surface area contributed by atoms with Crippen LogP contribution in [0, 0.1) is 6.92 Å². The molecular formula is C17H26N2O3S. The summed E-state index contributed by atoms with van der Waals surface area (Å²) < 4.78 is 5.23. The predicted molar refractivity (Wildman–Crippen MR) is 96.0 cm³/mol. The zero-order chi connectivity index (χ0) is 17.5. The van der Waals surface area contributed by atoms with Crippen molar-refractivity contribution in [3.8, 4) is 0 Å². The third kappa shape index (κ3) is 7.93. The van der Waals surface area contributed by atoms with Gasteiger partial charge < -0.3 is 15.4 Å². The van der Waals surface area contributed by atoms with E-state index < -0.39 is 17.7 Å². The number of alkyl carbamates (subject to hydrolysis) is 1. The van der Waals surface area contributed by atoms with Crippen molar-refractivity contribution in [2.45, 2.75) is 45.8 Å². The van der Waals surface area contributed by atoms with Gasteiger partial charge in [0, 0.05) is 5.69 Å². The molecule has 2 N–H and O–H groups in total. The number of nitrogens with one attached hydrogen (secondary N) is 2. The smallest absolute Gasteiger partial charge is 0.408 e. The molecule has 1 atom stereocenters. The number of hydrogen-bond acceptors (Lipinski definition) is 4. The molecule has 23 heavy (non-hydrogen) atoms. The second-order valence-electron chi connectivity index (χ2n) is 6.34. The van der Waals surface area contributed by atoms with Crippen molar-refractivity contribution >= 4 is 29.4 Å². The molecule has 0 heterocycles. The first-order valence-electron chi connectivity index (χ1n) is 7.57. The molecule has 0 aliphatic carbocycles. The Hall–Kier alpha value is -1.69.